The number of fused-ring (bicyclic) bond motifs is 2. The quantitative estimate of drug-likeness (QED) is 0.0913. The second-order valence-corrected chi connectivity index (χ2v) is 14.2. The molecule has 0 unspecified atom stereocenters. The van der Waals surface area contributed by atoms with E-state index < -0.39 is 0 Å². The van der Waals surface area contributed by atoms with Crippen molar-refractivity contribution < 1.29 is 0 Å². The molecule has 0 saturated heterocycles. The fourth-order valence-corrected chi connectivity index (χ4v) is 7.78. The van der Waals surface area contributed by atoms with Crippen LogP contribution in [0.25, 0.3) is 77.7 Å². The summed E-state index contributed by atoms with van der Waals surface area (Å²) in [4.78, 5) is 19.0. The molecule has 0 amide bonds. The average Bonchev–Trinajstić information content (AvgIpc) is 3.31. The van der Waals surface area contributed by atoms with Gasteiger partial charge in [0.1, 0.15) is 5.71 Å². The van der Waals surface area contributed by atoms with Crippen LogP contribution >= 0.6 is 0 Å². The molecule has 10 rings (SSSR count). The first-order valence-electron chi connectivity index (χ1n) is 19.4. The van der Waals surface area contributed by atoms with Gasteiger partial charge in [-0.3, -0.25) is 20.8 Å². The fraction of sp³-hybridized carbons (Fsp3) is 0. The standard InChI is InChI=1S/C52H35N7/c53-43-33-36(44-22-12-24-48(56-44)46-20-8-10-30-54-46)32-42(45-23-13-25-49(57-45)47-21-9-11-31-55-47)52(43)59-58-37-28-26-35(27-29-37)51-40-18-6-4-16-38(40)50(34-14-2-1-3-15-34)39-17-5-7-19-41(39)51/h1-33,53,58H/b53-43?,59-52-. The number of hydrogen-bond acceptors (Lipinski definition) is 7. The predicted molar refractivity (Wildman–Crippen MR) is 242 cm³/mol. The van der Waals surface area contributed by atoms with Gasteiger partial charge in [-0.25, -0.2) is 9.97 Å². The molecule has 1 aliphatic carbocycles. The molecule has 9 aromatic rings. The molecule has 0 radical (unpaired) electrons. The van der Waals surface area contributed by atoms with Crippen LogP contribution in [0.2, 0.25) is 0 Å². The summed E-state index contributed by atoms with van der Waals surface area (Å²) in [5, 5.41) is 19.0. The zero-order valence-corrected chi connectivity index (χ0v) is 31.8. The molecule has 7 heteroatoms. The lowest BCUT2D eigenvalue weighted by atomic mass is 9.86. The van der Waals surface area contributed by atoms with Crippen molar-refractivity contribution in [3.05, 3.63) is 212 Å². The highest BCUT2D eigenvalue weighted by atomic mass is 15.3. The van der Waals surface area contributed by atoms with Gasteiger partial charge in [0, 0.05) is 23.5 Å². The molecule has 1 aliphatic rings. The Labute approximate surface area is 341 Å². The first kappa shape index (κ1) is 35.3. The number of aromatic nitrogens is 4. The molecule has 59 heavy (non-hydrogen) atoms. The van der Waals surface area contributed by atoms with E-state index in [9.17, 15) is 5.41 Å². The average molecular weight is 758 g/mol. The smallest absolute Gasteiger partial charge is 0.118 e. The van der Waals surface area contributed by atoms with E-state index in [4.69, 9.17) is 15.1 Å². The van der Waals surface area contributed by atoms with Crippen LogP contribution in [0.3, 0.4) is 0 Å². The van der Waals surface area contributed by atoms with Crippen molar-refractivity contribution in [2.75, 3.05) is 5.43 Å². The van der Waals surface area contributed by atoms with Gasteiger partial charge in [0.15, 0.2) is 0 Å². The molecule has 7 nitrogen and oxygen atoms in total. The number of hydrogen-bond donors (Lipinski definition) is 2. The molecule has 0 atom stereocenters. The van der Waals surface area contributed by atoms with Crippen molar-refractivity contribution in [1.29, 1.82) is 5.41 Å². The maximum atomic E-state index is 9.32. The lowest BCUT2D eigenvalue weighted by molar-refractivity contribution is 1.22. The maximum absolute atomic E-state index is 9.32. The molecular formula is C52H35N7. The topological polar surface area (TPSA) is 99.8 Å². The lowest BCUT2D eigenvalue weighted by Gasteiger charge is -2.18. The third-order valence-electron chi connectivity index (χ3n) is 10.5. The van der Waals surface area contributed by atoms with Gasteiger partial charge in [0.25, 0.3) is 0 Å². The molecule has 0 saturated carbocycles. The van der Waals surface area contributed by atoms with Crippen molar-refractivity contribution in [2.45, 2.75) is 0 Å². The Kier molecular flexibility index (Phi) is 9.21. The minimum Gasteiger partial charge on any atom is -0.299 e. The maximum Gasteiger partial charge on any atom is 0.118 e. The number of pyridine rings is 4. The molecule has 2 N–H and O–H groups in total. The normalized spacial score (nSPS) is 13.4. The third-order valence-corrected chi connectivity index (χ3v) is 10.5. The van der Waals surface area contributed by atoms with E-state index in [2.05, 4.69) is 106 Å². The van der Waals surface area contributed by atoms with E-state index in [0.29, 0.717) is 17.0 Å². The van der Waals surface area contributed by atoms with Crippen molar-refractivity contribution in [3.63, 3.8) is 0 Å². The lowest BCUT2D eigenvalue weighted by Crippen LogP contribution is -2.20. The van der Waals surface area contributed by atoms with Gasteiger partial charge in [-0.2, -0.15) is 5.10 Å². The highest BCUT2D eigenvalue weighted by molar-refractivity contribution is 6.62. The van der Waals surface area contributed by atoms with E-state index in [1.165, 1.54) is 38.2 Å². The number of nitrogens with one attached hydrogen (secondary N) is 2. The van der Waals surface area contributed by atoms with Crippen molar-refractivity contribution in [2.24, 2.45) is 5.10 Å². The second kappa shape index (κ2) is 15.4. The third kappa shape index (κ3) is 6.87. The molecule has 0 spiro atoms. The highest BCUT2D eigenvalue weighted by Gasteiger charge is 2.23. The molecule has 4 aromatic heterocycles. The van der Waals surface area contributed by atoms with Crippen LogP contribution in [0, 0.1) is 5.41 Å². The first-order chi connectivity index (χ1) is 29.2. The molecule has 5 aromatic carbocycles. The minimum absolute atomic E-state index is 0.230. The van der Waals surface area contributed by atoms with Gasteiger partial charge in [-0.05, 0) is 117 Å². The summed E-state index contributed by atoms with van der Waals surface area (Å²) < 4.78 is 0. The van der Waals surface area contributed by atoms with E-state index in [1.54, 1.807) is 18.5 Å². The van der Waals surface area contributed by atoms with E-state index in [1.807, 2.05) is 91.0 Å². The Morgan fingerprint density at radius 1 is 0.407 bits per heavy atom. The van der Waals surface area contributed by atoms with Crippen LogP contribution in [-0.2, 0) is 0 Å². The van der Waals surface area contributed by atoms with Crippen molar-refractivity contribution in [1.82, 2.24) is 19.9 Å². The van der Waals surface area contributed by atoms with Gasteiger partial charge in [-0.15, -0.1) is 0 Å². The van der Waals surface area contributed by atoms with Crippen LogP contribution < -0.4 is 5.43 Å². The Bertz CT molecular complexity index is 3060. The highest BCUT2D eigenvalue weighted by Crippen LogP contribution is 2.43. The zero-order chi connectivity index (χ0) is 39.5. The van der Waals surface area contributed by atoms with Crippen LogP contribution in [0.5, 0.6) is 0 Å². The first-order valence-corrected chi connectivity index (χ1v) is 19.4. The summed E-state index contributed by atoms with van der Waals surface area (Å²) in [6.45, 7) is 0. The summed E-state index contributed by atoms with van der Waals surface area (Å²) in [6, 6.07) is 59.5. The molecule has 278 valence electrons. The number of anilines is 1. The molecule has 0 fully saturated rings. The SMILES string of the molecule is N=C1C=C(c2cccc(-c3ccccn3)n2)C=C(c2cccc(-c3ccccn3)n2)/C1=N/Nc1ccc(-c2c3ccccc3c(-c3ccccc3)c3ccccc23)cc1. The summed E-state index contributed by atoms with van der Waals surface area (Å²) >= 11 is 0. The Balaban J connectivity index is 1.03. The predicted octanol–water partition coefficient (Wildman–Crippen LogP) is 12.2. The Morgan fingerprint density at radius 2 is 0.881 bits per heavy atom. The van der Waals surface area contributed by atoms with Gasteiger partial charge in [0.05, 0.1) is 45.6 Å². The Morgan fingerprint density at radius 3 is 1.44 bits per heavy atom. The fourth-order valence-electron chi connectivity index (χ4n) is 7.78. The van der Waals surface area contributed by atoms with Gasteiger partial charge in [-0.1, -0.05) is 115 Å². The van der Waals surface area contributed by atoms with Crippen molar-refractivity contribution in [3.8, 4) is 45.0 Å². The number of hydrazone groups is 1. The van der Waals surface area contributed by atoms with Crippen LogP contribution in [0.1, 0.15) is 11.4 Å². The molecular weight excluding hydrogens is 723 g/mol. The van der Waals surface area contributed by atoms with E-state index in [0.717, 1.165) is 45.3 Å². The van der Waals surface area contributed by atoms with E-state index in [-0.39, 0.29) is 5.71 Å². The van der Waals surface area contributed by atoms with Crippen molar-refractivity contribution >= 4 is 49.8 Å². The summed E-state index contributed by atoms with van der Waals surface area (Å²) in [5.74, 6) is 0. The largest absolute Gasteiger partial charge is 0.299 e. The molecule has 0 aliphatic heterocycles. The number of rotatable bonds is 8. The van der Waals surface area contributed by atoms with E-state index >= 15 is 0 Å². The van der Waals surface area contributed by atoms with Gasteiger partial charge >= 0.3 is 0 Å². The van der Waals surface area contributed by atoms with Gasteiger partial charge in [0.2, 0.25) is 0 Å². The summed E-state index contributed by atoms with van der Waals surface area (Å²) in [6.07, 6.45) is 7.32. The molecule has 0 bridgehead atoms. The number of allylic oxidation sites excluding steroid dienone is 4. The minimum atomic E-state index is 0.230. The van der Waals surface area contributed by atoms with Crippen LogP contribution in [-0.4, -0.2) is 31.4 Å². The Hall–Kier alpha value is -8.16. The molecule has 4 heterocycles. The summed E-state index contributed by atoms with van der Waals surface area (Å²) in [5.41, 5.74) is 15.3. The van der Waals surface area contributed by atoms with Crippen LogP contribution in [0.4, 0.5) is 5.69 Å². The van der Waals surface area contributed by atoms with Gasteiger partial charge < -0.3 is 0 Å². The zero-order valence-electron chi connectivity index (χ0n) is 31.8. The number of benzene rings is 5. The van der Waals surface area contributed by atoms with Crippen LogP contribution in [0.15, 0.2) is 206 Å². The second-order valence-electron chi connectivity index (χ2n) is 14.2. The monoisotopic (exact) mass is 757 g/mol. The number of nitrogens with zero attached hydrogens (tertiary/aromatic N) is 5. The summed E-state index contributed by atoms with van der Waals surface area (Å²) in [7, 11) is 0.